The predicted molar refractivity (Wildman–Crippen MR) is 57.2 cm³/mol. The van der Waals surface area contributed by atoms with Gasteiger partial charge in [-0.2, -0.15) is 0 Å². The van der Waals surface area contributed by atoms with Gasteiger partial charge in [0.05, 0.1) is 17.7 Å². The molecule has 4 nitrogen and oxygen atoms in total. The standard InChI is InChI=1S/C11H20N2O2/c1-13(10(15)11(12)6-7-11)8-4-2-3-5-9(8)14/h8-9,14H,2-7,12H2,1H3. The van der Waals surface area contributed by atoms with Crippen molar-refractivity contribution in [2.45, 2.75) is 56.2 Å². The zero-order valence-electron chi connectivity index (χ0n) is 9.28. The number of carbonyl (C=O) groups is 1. The molecule has 2 unspecified atom stereocenters. The summed E-state index contributed by atoms with van der Waals surface area (Å²) in [6.07, 6.45) is 5.08. The van der Waals surface area contributed by atoms with Crippen LogP contribution in [-0.2, 0) is 4.79 Å². The largest absolute Gasteiger partial charge is 0.391 e. The van der Waals surface area contributed by atoms with Crippen LogP contribution in [0.4, 0.5) is 0 Å². The highest BCUT2D eigenvalue weighted by atomic mass is 16.3. The highest BCUT2D eigenvalue weighted by Crippen LogP contribution is 2.35. The van der Waals surface area contributed by atoms with Crippen molar-refractivity contribution in [2.75, 3.05) is 7.05 Å². The normalized spacial score (nSPS) is 33.5. The first-order chi connectivity index (χ1) is 7.04. The Balaban J connectivity index is 1.99. The highest BCUT2D eigenvalue weighted by molar-refractivity contribution is 5.89. The minimum absolute atomic E-state index is 0.00782. The monoisotopic (exact) mass is 212 g/mol. The lowest BCUT2D eigenvalue weighted by molar-refractivity contribution is -0.137. The molecular weight excluding hydrogens is 192 g/mol. The first kappa shape index (κ1) is 10.9. The molecule has 0 bridgehead atoms. The molecule has 0 aromatic heterocycles. The second kappa shape index (κ2) is 3.76. The molecule has 2 fully saturated rings. The van der Waals surface area contributed by atoms with Gasteiger partial charge in [0.15, 0.2) is 0 Å². The number of nitrogens with zero attached hydrogens (tertiary/aromatic N) is 1. The van der Waals surface area contributed by atoms with Crippen LogP contribution in [0.1, 0.15) is 38.5 Å². The van der Waals surface area contributed by atoms with E-state index in [0.717, 1.165) is 38.5 Å². The summed E-state index contributed by atoms with van der Waals surface area (Å²) in [5.74, 6) is 0.00782. The van der Waals surface area contributed by atoms with Crippen molar-refractivity contribution in [1.82, 2.24) is 4.90 Å². The summed E-state index contributed by atoms with van der Waals surface area (Å²) >= 11 is 0. The fourth-order valence-corrected chi connectivity index (χ4v) is 2.39. The van der Waals surface area contributed by atoms with E-state index in [1.54, 1.807) is 11.9 Å². The van der Waals surface area contributed by atoms with Gasteiger partial charge in [0, 0.05) is 7.05 Å². The van der Waals surface area contributed by atoms with Gasteiger partial charge < -0.3 is 15.7 Å². The molecule has 4 heteroatoms. The summed E-state index contributed by atoms with van der Waals surface area (Å²) in [6.45, 7) is 0. The number of aliphatic hydroxyl groups is 1. The van der Waals surface area contributed by atoms with Gasteiger partial charge in [0.2, 0.25) is 5.91 Å². The second-order valence-corrected chi connectivity index (χ2v) is 4.99. The number of carbonyl (C=O) groups excluding carboxylic acids is 1. The zero-order valence-corrected chi connectivity index (χ0v) is 9.28. The molecule has 2 aliphatic rings. The van der Waals surface area contributed by atoms with Crippen molar-refractivity contribution in [3.05, 3.63) is 0 Å². The molecule has 0 heterocycles. The molecule has 1 amide bonds. The molecular formula is C11H20N2O2. The van der Waals surface area contributed by atoms with Crippen molar-refractivity contribution in [1.29, 1.82) is 0 Å². The van der Waals surface area contributed by atoms with Gasteiger partial charge >= 0.3 is 0 Å². The van der Waals surface area contributed by atoms with Crippen LogP contribution in [0.5, 0.6) is 0 Å². The van der Waals surface area contributed by atoms with E-state index in [-0.39, 0.29) is 18.1 Å². The lowest BCUT2D eigenvalue weighted by atomic mass is 9.91. The zero-order chi connectivity index (χ0) is 11.1. The van der Waals surface area contributed by atoms with Crippen molar-refractivity contribution in [3.63, 3.8) is 0 Å². The second-order valence-electron chi connectivity index (χ2n) is 4.99. The number of amides is 1. The lowest BCUT2D eigenvalue weighted by Crippen LogP contribution is -2.52. The maximum absolute atomic E-state index is 12.0. The molecule has 15 heavy (non-hydrogen) atoms. The number of rotatable bonds is 2. The maximum atomic E-state index is 12.0. The van der Waals surface area contributed by atoms with Crippen LogP contribution in [0.15, 0.2) is 0 Å². The number of hydrogen-bond donors (Lipinski definition) is 2. The molecule has 86 valence electrons. The molecule has 0 aliphatic heterocycles. The van der Waals surface area contributed by atoms with Crippen LogP contribution in [-0.4, -0.2) is 40.6 Å². The van der Waals surface area contributed by atoms with Crippen LogP contribution < -0.4 is 5.73 Å². The molecule has 2 aliphatic carbocycles. The van der Waals surface area contributed by atoms with E-state index in [4.69, 9.17) is 5.73 Å². The number of likely N-dealkylation sites (N-methyl/N-ethyl adjacent to an activating group) is 1. The quantitative estimate of drug-likeness (QED) is 0.689. The summed E-state index contributed by atoms with van der Waals surface area (Å²) in [7, 11) is 1.77. The van der Waals surface area contributed by atoms with E-state index >= 15 is 0 Å². The Labute approximate surface area is 90.4 Å². The fraction of sp³-hybridized carbons (Fsp3) is 0.909. The van der Waals surface area contributed by atoms with Gasteiger partial charge in [-0.05, 0) is 25.7 Å². The van der Waals surface area contributed by atoms with Crippen molar-refractivity contribution >= 4 is 5.91 Å². The fourth-order valence-electron chi connectivity index (χ4n) is 2.39. The average molecular weight is 212 g/mol. The smallest absolute Gasteiger partial charge is 0.242 e. The van der Waals surface area contributed by atoms with E-state index in [1.165, 1.54) is 0 Å². The maximum Gasteiger partial charge on any atom is 0.242 e. The molecule has 0 radical (unpaired) electrons. The molecule has 3 N–H and O–H groups in total. The molecule has 0 aromatic rings. The summed E-state index contributed by atoms with van der Waals surface area (Å²) in [5.41, 5.74) is 5.27. The van der Waals surface area contributed by atoms with Crippen LogP contribution >= 0.6 is 0 Å². The van der Waals surface area contributed by atoms with Gasteiger partial charge in [0.1, 0.15) is 0 Å². The van der Waals surface area contributed by atoms with Crippen molar-refractivity contribution < 1.29 is 9.90 Å². The summed E-state index contributed by atoms with van der Waals surface area (Å²) in [6, 6.07) is -0.0210. The van der Waals surface area contributed by atoms with E-state index in [9.17, 15) is 9.90 Å². The van der Waals surface area contributed by atoms with Gasteiger partial charge in [-0.25, -0.2) is 0 Å². The van der Waals surface area contributed by atoms with E-state index in [0.29, 0.717) is 0 Å². The number of nitrogens with two attached hydrogens (primary N) is 1. The molecule has 2 atom stereocenters. The van der Waals surface area contributed by atoms with E-state index < -0.39 is 5.54 Å². The Bertz CT molecular complexity index is 263. The molecule has 2 saturated carbocycles. The van der Waals surface area contributed by atoms with Gasteiger partial charge in [-0.15, -0.1) is 0 Å². The van der Waals surface area contributed by atoms with Gasteiger partial charge in [-0.3, -0.25) is 4.79 Å². The van der Waals surface area contributed by atoms with Crippen LogP contribution in [0.25, 0.3) is 0 Å². The molecule has 2 rings (SSSR count). The van der Waals surface area contributed by atoms with Crippen molar-refractivity contribution in [2.24, 2.45) is 5.73 Å². The summed E-state index contributed by atoms with van der Waals surface area (Å²) in [4.78, 5) is 13.6. The Morgan fingerprint density at radius 3 is 2.53 bits per heavy atom. The lowest BCUT2D eigenvalue weighted by Gasteiger charge is -2.36. The third-order valence-corrected chi connectivity index (χ3v) is 3.73. The Morgan fingerprint density at radius 2 is 2.00 bits per heavy atom. The third-order valence-electron chi connectivity index (χ3n) is 3.73. The van der Waals surface area contributed by atoms with Crippen LogP contribution in [0.2, 0.25) is 0 Å². The van der Waals surface area contributed by atoms with E-state index in [1.807, 2.05) is 0 Å². The predicted octanol–water partition coefficient (Wildman–Crippen LogP) is 0.240. The number of aliphatic hydroxyl groups excluding tert-OH is 1. The van der Waals surface area contributed by atoms with Crippen molar-refractivity contribution in [3.8, 4) is 0 Å². The first-order valence-corrected chi connectivity index (χ1v) is 5.79. The Hall–Kier alpha value is -0.610. The number of hydrogen-bond acceptors (Lipinski definition) is 3. The first-order valence-electron chi connectivity index (χ1n) is 5.79. The average Bonchev–Trinajstić information content (AvgIpc) is 2.96. The molecule has 0 saturated heterocycles. The van der Waals surface area contributed by atoms with Crippen LogP contribution in [0.3, 0.4) is 0 Å². The highest BCUT2D eigenvalue weighted by Gasteiger charge is 2.49. The Kier molecular flexibility index (Phi) is 2.73. The molecule has 0 spiro atoms. The molecule has 0 aromatic carbocycles. The van der Waals surface area contributed by atoms with Crippen LogP contribution in [0, 0.1) is 0 Å². The minimum atomic E-state index is -0.605. The summed E-state index contributed by atoms with van der Waals surface area (Å²) in [5, 5.41) is 9.84. The third kappa shape index (κ3) is 2.01. The topological polar surface area (TPSA) is 66.6 Å². The Morgan fingerprint density at radius 1 is 1.40 bits per heavy atom. The summed E-state index contributed by atoms with van der Waals surface area (Å²) < 4.78 is 0. The SMILES string of the molecule is CN(C(=O)C1(N)CC1)C1CCCCC1O. The van der Waals surface area contributed by atoms with Gasteiger partial charge in [-0.1, -0.05) is 12.8 Å². The van der Waals surface area contributed by atoms with E-state index in [2.05, 4.69) is 0 Å². The minimum Gasteiger partial charge on any atom is -0.391 e. The van der Waals surface area contributed by atoms with Gasteiger partial charge in [0.25, 0.3) is 0 Å².